The van der Waals surface area contributed by atoms with E-state index in [0.29, 0.717) is 25.9 Å². The van der Waals surface area contributed by atoms with E-state index in [9.17, 15) is 9.90 Å². The van der Waals surface area contributed by atoms with Crippen molar-refractivity contribution in [3.8, 4) is 0 Å². The van der Waals surface area contributed by atoms with E-state index in [-0.39, 0.29) is 5.97 Å². The number of benzene rings is 1. The number of hydrogen-bond donors (Lipinski definition) is 1. The van der Waals surface area contributed by atoms with Crippen molar-refractivity contribution < 1.29 is 14.6 Å². The van der Waals surface area contributed by atoms with E-state index in [1.165, 1.54) is 0 Å². The van der Waals surface area contributed by atoms with Crippen molar-refractivity contribution in [1.82, 2.24) is 0 Å². The highest BCUT2D eigenvalue weighted by molar-refractivity contribution is 5.77. The number of carbonyl (C=O) groups is 1. The number of esters is 1. The van der Waals surface area contributed by atoms with E-state index in [1.807, 2.05) is 37.3 Å². The van der Waals surface area contributed by atoms with E-state index < -0.39 is 11.5 Å². The van der Waals surface area contributed by atoms with Gasteiger partial charge in [-0.1, -0.05) is 49.8 Å². The van der Waals surface area contributed by atoms with E-state index in [4.69, 9.17) is 4.74 Å². The summed E-state index contributed by atoms with van der Waals surface area (Å²) in [6.07, 6.45) is 3.47. The van der Waals surface area contributed by atoms with Crippen molar-refractivity contribution in [3.05, 3.63) is 48.6 Å². The van der Waals surface area contributed by atoms with Gasteiger partial charge in [0.25, 0.3) is 0 Å². The quantitative estimate of drug-likeness (QED) is 0.551. The van der Waals surface area contributed by atoms with Gasteiger partial charge in [0, 0.05) is 0 Å². The number of rotatable bonds is 9. The van der Waals surface area contributed by atoms with E-state index in [0.717, 1.165) is 12.0 Å². The van der Waals surface area contributed by atoms with Crippen molar-refractivity contribution in [2.75, 3.05) is 6.61 Å². The summed E-state index contributed by atoms with van der Waals surface area (Å²) < 4.78 is 5.25. The first-order chi connectivity index (χ1) is 10.1. The van der Waals surface area contributed by atoms with Gasteiger partial charge in [-0.3, -0.25) is 4.79 Å². The molecule has 0 aliphatic carbocycles. The van der Waals surface area contributed by atoms with Gasteiger partial charge >= 0.3 is 5.97 Å². The molecule has 0 aliphatic rings. The Labute approximate surface area is 127 Å². The smallest absolute Gasteiger partial charge is 0.312 e. The predicted molar refractivity (Wildman–Crippen MR) is 84.8 cm³/mol. The van der Waals surface area contributed by atoms with Gasteiger partial charge in [0.1, 0.15) is 0 Å². The van der Waals surface area contributed by atoms with Crippen molar-refractivity contribution in [1.29, 1.82) is 0 Å². The average Bonchev–Trinajstić information content (AvgIpc) is 2.48. The van der Waals surface area contributed by atoms with E-state index in [2.05, 4.69) is 6.58 Å². The van der Waals surface area contributed by atoms with Gasteiger partial charge in [0.05, 0.1) is 18.1 Å². The Morgan fingerprint density at radius 1 is 1.38 bits per heavy atom. The second-order valence-electron chi connectivity index (χ2n) is 5.37. The number of aliphatic hydroxyl groups is 1. The van der Waals surface area contributed by atoms with Gasteiger partial charge in [0.2, 0.25) is 0 Å². The van der Waals surface area contributed by atoms with Gasteiger partial charge in [-0.2, -0.15) is 0 Å². The fourth-order valence-corrected chi connectivity index (χ4v) is 2.76. The van der Waals surface area contributed by atoms with Crippen LogP contribution in [0.15, 0.2) is 43.0 Å². The topological polar surface area (TPSA) is 46.5 Å². The summed E-state index contributed by atoms with van der Waals surface area (Å²) in [5, 5.41) is 10.5. The van der Waals surface area contributed by atoms with Crippen LogP contribution in [0.3, 0.4) is 0 Å². The Morgan fingerprint density at radius 2 is 2.05 bits per heavy atom. The third-order valence-corrected chi connectivity index (χ3v) is 3.74. The van der Waals surface area contributed by atoms with Crippen LogP contribution < -0.4 is 0 Å². The molecule has 3 nitrogen and oxygen atoms in total. The minimum atomic E-state index is -0.693. The zero-order valence-electron chi connectivity index (χ0n) is 13.0. The Morgan fingerprint density at radius 3 is 2.57 bits per heavy atom. The van der Waals surface area contributed by atoms with Gasteiger partial charge in [-0.05, 0) is 31.7 Å². The first-order valence-electron chi connectivity index (χ1n) is 7.60. The summed E-state index contributed by atoms with van der Waals surface area (Å²) in [6, 6.07) is 9.43. The third-order valence-electron chi connectivity index (χ3n) is 3.74. The van der Waals surface area contributed by atoms with Crippen LogP contribution in [0.1, 0.15) is 51.2 Å². The molecule has 3 heteroatoms. The molecule has 0 amide bonds. The molecule has 0 spiro atoms. The molecule has 1 aromatic carbocycles. The van der Waals surface area contributed by atoms with Gasteiger partial charge in [0.15, 0.2) is 0 Å². The highest BCUT2D eigenvalue weighted by Gasteiger charge is 2.40. The third kappa shape index (κ3) is 4.71. The van der Waals surface area contributed by atoms with Crippen LogP contribution in [0.2, 0.25) is 0 Å². The van der Waals surface area contributed by atoms with Crippen LogP contribution >= 0.6 is 0 Å². The van der Waals surface area contributed by atoms with Gasteiger partial charge in [-0.25, -0.2) is 0 Å². The number of aliphatic hydroxyl groups excluding tert-OH is 1. The Kier molecular flexibility index (Phi) is 7.17. The maximum absolute atomic E-state index is 12.4. The zero-order chi connectivity index (χ0) is 15.7. The molecule has 0 saturated carbocycles. The largest absolute Gasteiger partial charge is 0.466 e. The standard InChI is InChI=1S/C18H26O3/c1-4-12-18(13-5-2,17(20)21-6-3)14-16(19)15-10-8-7-9-11-15/h4,7-11,16,19H,1,5-6,12-14H2,2-3H3/t16-,18-/m0/s1. The average molecular weight is 290 g/mol. The molecule has 1 rings (SSSR count). The number of carbonyl (C=O) groups excluding carboxylic acids is 1. The monoisotopic (exact) mass is 290 g/mol. The lowest BCUT2D eigenvalue weighted by Gasteiger charge is -2.32. The molecule has 1 N–H and O–H groups in total. The molecule has 2 atom stereocenters. The highest BCUT2D eigenvalue weighted by Crippen LogP contribution is 2.39. The molecule has 0 bridgehead atoms. The van der Waals surface area contributed by atoms with Crippen LogP contribution in [0.5, 0.6) is 0 Å². The summed E-state index contributed by atoms with van der Waals surface area (Å²) in [5.74, 6) is -0.235. The fourth-order valence-electron chi connectivity index (χ4n) is 2.76. The molecule has 0 saturated heterocycles. The van der Waals surface area contributed by atoms with Crippen molar-refractivity contribution in [3.63, 3.8) is 0 Å². The summed E-state index contributed by atoms with van der Waals surface area (Å²) in [7, 11) is 0. The van der Waals surface area contributed by atoms with Crippen LogP contribution in [0, 0.1) is 5.41 Å². The number of ether oxygens (including phenoxy) is 1. The first-order valence-corrected chi connectivity index (χ1v) is 7.60. The lowest BCUT2D eigenvalue weighted by Crippen LogP contribution is -2.34. The molecule has 0 heterocycles. The number of allylic oxidation sites excluding steroid dienone is 1. The molecule has 0 fully saturated rings. The van der Waals surface area contributed by atoms with E-state index >= 15 is 0 Å². The molecule has 0 aliphatic heterocycles. The molecular formula is C18H26O3. The summed E-state index contributed by atoms with van der Waals surface area (Å²) in [6.45, 7) is 7.95. The molecule has 116 valence electrons. The summed E-state index contributed by atoms with van der Waals surface area (Å²) >= 11 is 0. The second kappa shape index (κ2) is 8.63. The Balaban J connectivity index is 2.99. The predicted octanol–water partition coefficient (Wildman–Crippen LogP) is 4.04. The summed E-state index contributed by atoms with van der Waals surface area (Å²) in [5.41, 5.74) is 0.133. The SMILES string of the molecule is C=CC[C@](CCC)(C[C@H](O)c1ccccc1)C(=O)OCC. The van der Waals surface area contributed by atoms with Crippen molar-refractivity contribution >= 4 is 5.97 Å². The molecular weight excluding hydrogens is 264 g/mol. The highest BCUT2D eigenvalue weighted by atomic mass is 16.5. The van der Waals surface area contributed by atoms with Gasteiger partial charge in [-0.15, -0.1) is 6.58 Å². The van der Waals surface area contributed by atoms with Crippen molar-refractivity contribution in [2.45, 2.75) is 45.6 Å². The lowest BCUT2D eigenvalue weighted by molar-refractivity contribution is -0.158. The minimum Gasteiger partial charge on any atom is -0.466 e. The molecule has 0 aromatic heterocycles. The lowest BCUT2D eigenvalue weighted by atomic mass is 9.74. The Bertz CT molecular complexity index is 441. The minimum absolute atomic E-state index is 0.235. The Hall–Kier alpha value is -1.61. The zero-order valence-corrected chi connectivity index (χ0v) is 13.0. The fraction of sp³-hybridized carbons (Fsp3) is 0.500. The van der Waals surface area contributed by atoms with E-state index in [1.54, 1.807) is 13.0 Å². The van der Waals surface area contributed by atoms with Crippen LogP contribution in [0.25, 0.3) is 0 Å². The first kappa shape index (κ1) is 17.4. The normalized spacial score (nSPS) is 15.0. The van der Waals surface area contributed by atoms with Gasteiger partial charge < -0.3 is 9.84 Å². The molecule has 21 heavy (non-hydrogen) atoms. The molecule has 1 aromatic rings. The maximum Gasteiger partial charge on any atom is 0.312 e. The number of hydrogen-bond acceptors (Lipinski definition) is 3. The second-order valence-corrected chi connectivity index (χ2v) is 5.37. The molecule has 0 radical (unpaired) electrons. The van der Waals surface area contributed by atoms with Crippen LogP contribution in [-0.2, 0) is 9.53 Å². The molecule has 0 unspecified atom stereocenters. The van der Waals surface area contributed by atoms with Crippen molar-refractivity contribution in [2.24, 2.45) is 5.41 Å². The van der Waals surface area contributed by atoms with Crippen LogP contribution in [-0.4, -0.2) is 17.7 Å². The summed E-state index contributed by atoms with van der Waals surface area (Å²) in [4.78, 5) is 12.4. The van der Waals surface area contributed by atoms with Crippen LogP contribution in [0.4, 0.5) is 0 Å². The maximum atomic E-state index is 12.4.